The molecule has 0 aromatic rings. The molecule has 4 aliphatic carbocycles. The zero-order chi connectivity index (χ0) is 17.5. The number of aliphatic hydroxyl groups is 1. The van der Waals surface area contributed by atoms with Gasteiger partial charge in [-0.05, 0) is 88.4 Å². The van der Waals surface area contributed by atoms with Crippen molar-refractivity contribution in [2.45, 2.75) is 90.4 Å². The smallest absolute Gasteiger partial charge is 0.163 e. The largest absolute Gasteiger partial charge is 0.390 e. The van der Waals surface area contributed by atoms with E-state index in [4.69, 9.17) is 9.47 Å². The van der Waals surface area contributed by atoms with Gasteiger partial charge in [-0.15, -0.1) is 0 Å². The van der Waals surface area contributed by atoms with Gasteiger partial charge in [0.05, 0.1) is 12.2 Å². The molecule has 4 bridgehead atoms. The first-order chi connectivity index (χ1) is 11.9. The molecular weight excluding hydrogens is 312 g/mol. The summed E-state index contributed by atoms with van der Waals surface area (Å²) in [6, 6.07) is 0. The summed E-state index contributed by atoms with van der Waals surface area (Å²) in [4.78, 5) is 0. The molecule has 1 saturated heterocycles. The Kier molecular flexibility index (Phi) is 3.56. The minimum absolute atomic E-state index is 0.00648. The van der Waals surface area contributed by atoms with E-state index in [-0.39, 0.29) is 11.7 Å². The van der Waals surface area contributed by atoms with Crippen LogP contribution in [0, 0.1) is 34.0 Å². The highest BCUT2D eigenvalue weighted by atomic mass is 16.7. The Morgan fingerprint density at radius 1 is 1.08 bits per heavy atom. The van der Waals surface area contributed by atoms with Crippen LogP contribution in [0.5, 0.6) is 0 Å². The molecule has 3 heteroatoms. The zero-order valence-corrected chi connectivity index (χ0v) is 16.4. The summed E-state index contributed by atoms with van der Waals surface area (Å²) in [5.74, 6) is 2.04. The molecule has 0 aromatic heterocycles. The van der Waals surface area contributed by atoms with E-state index in [2.05, 4.69) is 20.8 Å². The van der Waals surface area contributed by atoms with E-state index in [9.17, 15) is 5.11 Å². The number of hydrogen-bond acceptors (Lipinski definition) is 3. The summed E-state index contributed by atoms with van der Waals surface area (Å²) in [6.07, 6.45) is 11.4. The molecule has 5 aliphatic rings. The molecule has 0 amide bonds. The van der Waals surface area contributed by atoms with Crippen LogP contribution in [0.4, 0.5) is 0 Å². The molecule has 1 N–H and O–H groups in total. The Hall–Kier alpha value is -0.120. The molecule has 142 valence electrons. The van der Waals surface area contributed by atoms with E-state index in [0.29, 0.717) is 16.7 Å². The fourth-order valence-electron chi connectivity index (χ4n) is 8.89. The van der Waals surface area contributed by atoms with E-state index in [1.807, 2.05) is 0 Å². The van der Waals surface area contributed by atoms with Crippen LogP contribution in [0.15, 0.2) is 0 Å². The van der Waals surface area contributed by atoms with Gasteiger partial charge in [0.15, 0.2) is 6.29 Å². The van der Waals surface area contributed by atoms with Gasteiger partial charge in [-0.3, -0.25) is 0 Å². The summed E-state index contributed by atoms with van der Waals surface area (Å²) in [7, 11) is 0. The summed E-state index contributed by atoms with van der Waals surface area (Å²) in [5.41, 5.74) is 0.499. The van der Waals surface area contributed by atoms with Crippen molar-refractivity contribution in [1.82, 2.24) is 0 Å². The summed E-state index contributed by atoms with van der Waals surface area (Å²) >= 11 is 0. The van der Waals surface area contributed by atoms with E-state index in [0.717, 1.165) is 31.5 Å². The minimum atomic E-state index is -0.431. The van der Waals surface area contributed by atoms with Crippen LogP contribution in [0.25, 0.3) is 0 Å². The molecule has 0 radical (unpaired) electrons. The highest BCUT2D eigenvalue weighted by Gasteiger charge is 2.70. The molecular formula is C22H36O3. The van der Waals surface area contributed by atoms with Crippen LogP contribution in [0.3, 0.4) is 0 Å². The van der Waals surface area contributed by atoms with Crippen LogP contribution < -0.4 is 0 Å². The molecule has 8 atom stereocenters. The van der Waals surface area contributed by atoms with Crippen molar-refractivity contribution in [3.05, 3.63) is 0 Å². The second-order valence-corrected chi connectivity index (χ2v) is 10.7. The van der Waals surface area contributed by atoms with Gasteiger partial charge in [0.25, 0.3) is 0 Å². The fraction of sp³-hybridized carbons (Fsp3) is 1.00. The predicted octanol–water partition coefficient (Wildman–Crippen LogP) is 4.52. The summed E-state index contributed by atoms with van der Waals surface area (Å²) < 4.78 is 12.6. The molecule has 5 fully saturated rings. The highest BCUT2D eigenvalue weighted by Crippen LogP contribution is 2.74. The van der Waals surface area contributed by atoms with E-state index in [1.54, 1.807) is 0 Å². The van der Waals surface area contributed by atoms with Crippen LogP contribution in [0.2, 0.25) is 0 Å². The predicted molar refractivity (Wildman–Crippen MR) is 97.0 cm³/mol. The molecule has 5 rings (SSSR count). The van der Waals surface area contributed by atoms with E-state index < -0.39 is 5.60 Å². The normalized spacial score (nSPS) is 60.0. The SMILES string of the molecule is CCO[C@@H]1OC[C@@]23CCC[C@]1(C)[C@H]2CC[C@@]12C[C@@H](CC[C@H]13)[C@](C)(O)C2. The minimum Gasteiger partial charge on any atom is -0.390 e. The van der Waals surface area contributed by atoms with E-state index in [1.165, 1.54) is 51.4 Å². The number of fused-ring (bicyclic) bond motifs is 1. The lowest BCUT2D eigenvalue weighted by Crippen LogP contribution is -2.66. The van der Waals surface area contributed by atoms with Crippen LogP contribution in [-0.4, -0.2) is 30.2 Å². The zero-order valence-electron chi connectivity index (χ0n) is 16.4. The molecule has 1 spiro atoms. The maximum absolute atomic E-state index is 11.0. The van der Waals surface area contributed by atoms with Crippen molar-refractivity contribution >= 4 is 0 Å². The van der Waals surface area contributed by atoms with Crippen LogP contribution >= 0.6 is 0 Å². The van der Waals surface area contributed by atoms with Gasteiger partial charge < -0.3 is 14.6 Å². The van der Waals surface area contributed by atoms with Crippen molar-refractivity contribution in [3.8, 4) is 0 Å². The molecule has 3 nitrogen and oxygen atoms in total. The standard InChI is InChI=1S/C22H36O3/c1-4-24-18-19(2)9-5-10-22(14-25-18)16(19)8-11-21-12-15(6-7-17(21)22)20(3,23)13-21/h15-18,23H,4-14H2,1-3H3/t15-,16-,17-,18-,19-,20-,21+,22+/m1/s1. The first kappa shape index (κ1) is 17.0. The molecule has 0 unspecified atom stereocenters. The Labute approximate surface area is 152 Å². The Morgan fingerprint density at radius 3 is 2.72 bits per heavy atom. The van der Waals surface area contributed by atoms with Gasteiger partial charge >= 0.3 is 0 Å². The van der Waals surface area contributed by atoms with Gasteiger partial charge in [-0.2, -0.15) is 0 Å². The monoisotopic (exact) mass is 348 g/mol. The van der Waals surface area contributed by atoms with Crippen molar-refractivity contribution < 1.29 is 14.6 Å². The second kappa shape index (κ2) is 5.23. The fourth-order valence-corrected chi connectivity index (χ4v) is 8.89. The average Bonchev–Trinajstić information content (AvgIpc) is 2.74. The quantitative estimate of drug-likeness (QED) is 0.797. The third-order valence-electron chi connectivity index (χ3n) is 9.62. The first-order valence-corrected chi connectivity index (χ1v) is 10.8. The maximum atomic E-state index is 11.0. The third-order valence-corrected chi connectivity index (χ3v) is 9.62. The molecule has 1 aliphatic heterocycles. The lowest BCUT2D eigenvalue weighted by atomic mass is 9.39. The van der Waals surface area contributed by atoms with Crippen LogP contribution in [-0.2, 0) is 9.47 Å². The lowest BCUT2D eigenvalue weighted by Gasteiger charge is -2.68. The van der Waals surface area contributed by atoms with Gasteiger partial charge in [-0.1, -0.05) is 13.3 Å². The number of ether oxygens (including phenoxy) is 2. The highest BCUT2D eigenvalue weighted by molar-refractivity contribution is 5.18. The van der Waals surface area contributed by atoms with Gasteiger partial charge in [0.1, 0.15) is 0 Å². The van der Waals surface area contributed by atoms with E-state index >= 15 is 0 Å². The average molecular weight is 349 g/mol. The molecule has 4 saturated carbocycles. The molecule has 0 aromatic carbocycles. The second-order valence-electron chi connectivity index (χ2n) is 10.7. The molecule has 25 heavy (non-hydrogen) atoms. The Balaban J connectivity index is 1.54. The van der Waals surface area contributed by atoms with Crippen molar-refractivity contribution in [1.29, 1.82) is 0 Å². The van der Waals surface area contributed by atoms with Gasteiger partial charge in [-0.25, -0.2) is 0 Å². The van der Waals surface area contributed by atoms with Crippen molar-refractivity contribution in [2.24, 2.45) is 34.0 Å². The summed E-state index contributed by atoms with van der Waals surface area (Å²) in [5, 5.41) is 11.0. The lowest BCUT2D eigenvalue weighted by molar-refractivity contribution is -0.328. The Bertz CT molecular complexity index is 559. The van der Waals surface area contributed by atoms with Crippen molar-refractivity contribution in [2.75, 3.05) is 13.2 Å². The molecule has 1 heterocycles. The summed E-state index contributed by atoms with van der Waals surface area (Å²) in [6.45, 7) is 8.32. The third kappa shape index (κ3) is 2.04. The van der Waals surface area contributed by atoms with Gasteiger partial charge in [0, 0.05) is 17.4 Å². The van der Waals surface area contributed by atoms with Crippen molar-refractivity contribution in [3.63, 3.8) is 0 Å². The first-order valence-electron chi connectivity index (χ1n) is 10.8. The topological polar surface area (TPSA) is 38.7 Å². The van der Waals surface area contributed by atoms with Gasteiger partial charge in [0.2, 0.25) is 0 Å². The maximum Gasteiger partial charge on any atom is 0.163 e. The van der Waals surface area contributed by atoms with Crippen LogP contribution in [0.1, 0.15) is 78.6 Å². The number of rotatable bonds is 2. The Morgan fingerprint density at radius 2 is 1.92 bits per heavy atom. The number of hydrogen-bond donors (Lipinski definition) is 1.